The number of oxazole rings is 1. The summed E-state index contributed by atoms with van der Waals surface area (Å²) in [7, 11) is 0. The summed E-state index contributed by atoms with van der Waals surface area (Å²) in [5.74, 6) is 1.04. The van der Waals surface area contributed by atoms with Gasteiger partial charge in [0, 0.05) is 11.3 Å². The van der Waals surface area contributed by atoms with Gasteiger partial charge in [0.2, 0.25) is 5.89 Å². The smallest absolute Gasteiger partial charge is 0.265 e. The Labute approximate surface area is 169 Å². The topological polar surface area (TPSA) is 64.4 Å². The monoisotopic (exact) mass is 386 g/mol. The molecule has 1 amide bonds. The Morgan fingerprint density at radius 3 is 2.66 bits per heavy atom. The molecule has 0 aliphatic carbocycles. The second-order valence-corrected chi connectivity index (χ2v) is 6.89. The standard InChI is InChI=1S/C24H22N2O3/c1-3-21(28-19-10-5-4-6-11-19)23(27)25-18-12-13-22-20(15-18)26-24(29-22)17-9-7-8-16(2)14-17/h4-15,21H,3H2,1-2H3,(H,25,27). The van der Waals surface area contributed by atoms with Crippen LogP contribution < -0.4 is 10.1 Å². The number of rotatable bonds is 6. The van der Waals surface area contributed by atoms with Gasteiger partial charge < -0.3 is 14.5 Å². The van der Waals surface area contributed by atoms with Gasteiger partial charge in [-0.15, -0.1) is 0 Å². The molecule has 1 aromatic heterocycles. The van der Waals surface area contributed by atoms with Gasteiger partial charge in [-0.05, 0) is 55.8 Å². The van der Waals surface area contributed by atoms with Crippen molar-refractivity contribution in [1.82, 2.24) is 4.98 Å². The van der Waals surface area contributed by atoms with E-state index in [4.69, 9.17) is 9.15 Å². The molecule has 146 valence electrons. The zero-order valence-electron chi connectivity index (χ0n) is 16.4. The van der Waals surface area contributed by atoms with Gasteiger partial charge in [0.05, 0.1) is 0 Å². The number of aryl methyl sites for hydroxylation is 1. The molecule has 4 aromatic rings. The van der Waals surface area contributed by atoms with Crippen molar-refractivity contribution in [2.75, 3.05) is 5.32 Å². The van der Waals surface area contributed by atoms with Crippen LogP contribution in [0.25, 0.3) is 22.6 Å². The lowest BCUT2D eigenvalue weighted by molar-refractivity contribution is -0.122. The molecule has 29 heavy (non-hydrogen) atoms. The highest BCUT2D eigenvalue weighted by Gasteiger charge is 2.19. The number of carbonyl (C=O) groups is 1. The van der Waals surface area contributed by atoms with E-state index in [1.807, 2.05) is 80.6 Å². The fraction of sp³-hybridized carbons (Fsp3) is 0.167. The zero-order chi connectivity index (χ0) is 20.2. The van der Waals surface area contributed by atoms with E-state index in [1.54, 1.807) is 6.07 Å². The predicted octanol–water partition coefficient (Wildman–Crippen LogP) is 5.60. The van der Waals surface area contributed by atoms with Gasteiger partial charge in [0.1, 0.15) is 11.3 Å². The molecule has 1 atom stereocenters. The number of benzene rings is 3. The Balaban J connectivity index is 1.52. The lowest BCUT2D eigenvalue weighted by Crippen LogP contribution is -2.32. The molecule has 0 aliphatic rings. The maximum atomic E-state index is 12.7. The summed E-state index contributed by atoms with van der Waals surface area (Å²) in [6, 6.07) is 22.8. The van der Waals surface area contributed by atoms with Crippen molar-refractivity contribution in [2.45, 2.75) is 26.4 Å². The van der Waals surface area contributed by atoms with E-state index in [2.05, 4.69) is 10.3 Å². The molecular weight excluding hydrogens is 364 g/mol. The normalized spacial score (nSPS) is 11.9. The summed E-state index contributed by atoms with van der Waals surface area (Å²) in [4.78, 5) is 17.2. The van der Waals surface area contributed by atoms with E-state index in [9.17, 15) is 4.79 Å². The van der Waals surface area contributed by atoms with Gasteiger partial charge in [0.25, 0.3) is 5.91 Å². The van der Waals surface area contributed by atoms with Crippen LogP contribution in [0.15, 0.2) is 77.2 Å². The first-order chi connectivity index (χ1) is 14.1. The van der Waals surface area contributed by atoms with Crippen LogP contribution in [0, 0.1) is 6.92 Å². The third-order valence-electron chi connectivity index (χ3n) is 4.60. The molecular formula is C24H22N2O3. The number of hydrogen-bond acceptors (Lipinski definition) is 4. The Morgan fingerprint density at radius 2 is 1.90 bits per heavy atom. The van der Waals surface area contributed by atoms with Crippen LogP contribution >= 0.6 is 0 Å². The second-order valence-electron chi connectivity index (χ2n) is 6.89. The maximum absolute atomic E-state index is 12.7. The quantitative estimate of drug-likeness (QED) is 0.468. The molecule has 1 unspecified atom stereocenters. The highest BCUT2D eigenvalue weighted by Crippen LogP contribution is 2.27. The molecule has 1 N–H and O–H groups in total. The van der Waals surface area contributed by atoms with Crippen LogP contribution in [-0.2, 0) is 4.79 Å². The Hall–Kier alpha value is -3.60. The maximum Gasteiger partial charge on any atom is 0.265 e. The average molecular weight is 386 g/mol. The number of anilines is 1. The molecule has 1 heterocycles. The third-order valence-corrected chi connectivity index (χ3v) is 4.60. The first-order valence-electron chi connectivity index (χ1n) is 9.62. The lowest BCUT2D eigenvalue weighted by atomic mass is 10.1. The van der Waals surface area contributed by atoms with Crippen molar-refractivity contribution >= 4 is 22.7 Å². The lowest BCUT2D eigenvalue weighted by Gasteiger charge is -2.17. The summed E-state index contributed by atoms with van der Waals surface area (Å²) in [5.41, 5.74) is 4.08. The van der Waals surface area contributed by atoms with E-state index >= 15 is 0 Å². The van der Waals surface area contributed by atoms with Crippen LogP contribution in [0.5, 0.6) is 5.75 Å². The number of hydrogen-bond donors (Lipinski definition) is 1. The molecule has 0 spiro atoms. The first kappa shape index (κ1) is 18.7. The molecule has 4 rings (SSSR count). The van der Waals surface area contributed by atoms with Crippen LogP contribution in [0.4, 0.5) is 5.69 Å². The molecule has 5 heteroatoms. The molecule has 0 fully saturated rings. The van der Waals surface area contributed by atoms with Gasteiger partial charge in [0.15, 0.2) is 11.7 Å². The summed E-state index contributed by atoms with van der Waals surface area (Å²) >= 11 is 0. The highest BCUT2D eigenvalue weighted by molar-refractivity contribution is 5.96. The highest BCUT2D eigenvalue weighted by atomic mass is 16.5. The van der Waals surface area contributed by atoms with Gasteiger partial charge in [-0.1, -0.05) is 42.8 Å². The van der Waals surface area contributed by atoms with Crippen molar-refractivity contribution < 1.29 is 13.9 Å². The minimum Gasteiger partial charge on any atom is -0.481 e. The number of nitrogens with one attached hydrogen (secondary N) is 1. The average Bonchev–Trinajstić information content (AvgIpc) is 3.16. The Bertz CT molecular complexity index is 1140. The van der Waals surface area contributed by atoms with Gasteiger partial charge in [-0.25, -0.2) is 4.98 Å². The first-order valence-corrected chi connectivity index (χ1v) is 9.62. The van der Waals surface area contributed by atoms with Crippen molar-refractivity contribution in [3.05, 3.63) is 78.4 Å². The summed E-state index contributed by atoms with van der Waals surface area (Å²) in [6.07, 6.45) is -0.0157. The van der Waals surface area contributed by atoms with Crippen LogP contribution in [0.2, 0.25) is 0 Å². The van der Waals surface area contributed by atoms with E-state index < -0.39 is 6.10 Å². The number of aromatic nitrogens is 1. The Kier molecular flexibility index (Phi) is 5.29. The zero-order valence-corrected chi connectivity index (χ0v) is 16.4. The number of nitrogens with zero attached hydrogens (tertiary/aromatic N) is 1. The number of fused-ring (bicyclic) bond motifs is 1. The van der Waals surface area contributed by atoms with Crippen LogP contribution in [0.1, 0.15) is 18.9 Å². The summed E-state index contributed by atoms with van der Waals surface area (Å²) < 4.78 is 11.7. The molecule has 0 saturated heterocycles. The van der Waals surface area contributed by atoms with Crippen molar-refractivity contribution in [2.24, 2.45) is 0 Å². The second kappa shape index (κ2) is 8.19. The van der Waals surface area contributed by atoms with E-state index in [-0.39, 0.29) is 5.91 Å². The van der Waals surface area contributed by atoms with Crippen molar-refractivity contribution in [3.63, 3.8) is 0 Å². The van der Waals surface area contributed by atoms with Crippen molar-refractivity contribution in [1.29, 1.82) is 0 Å². The minimum atomic E-state index is -0.576. The van der Waals surface area contributed by atoms with Gasteiger partial charge in [-0.2, -0.15) is 0 Å². The van der Waals surface area contributed by atoms with E-state index in [1.165, 1.54) is 0 Å². The molecule has 0 aliphatic heterocycles. The SMILES string of the molecule is CCC(Oc1ccccc1)C(=O)Nc1ccc2oc(-c3cccc(C)c3)nc2c1. The predicted molar refractivity (Wildman–Crippen MR) is 114 cm³/mol. The number of para-hydroxylation sites is 1. The van der Waals surface area contributed by atoms with Crippen molar-refractivity contribution in [3.8, 4) is 17.2 Å². The van der Waals surface area contributed by atoms with Crippen LogP contribution in [0.3, 0.4) is 0 Å². The largest absolute Gasteiger partial charge is 0.481 e. The molecule has 0 saturated carbocycles. The molecule has 0 radical (unpaired) electrons. The third kappa shape index (κ3) is 4.29. The van der Waals surface area contributed by atoms with Crippen LogP contribution in [-0.4, -0.2) is 17.0 Å². The van der Waals surface area contributed by atoms with Gasteiger partial charge >= 0.3 is 0 Å². The van der Waals surface area contributed by atoms with E-state index in [0.717, 1.165) is 11.1 Å². The summed E-state index contributed by atoms with van der Waals surface area (Å²) in [6.45, 7) is 3.95. The molecule has 5 nitrogen and oxygen atoms in total. The van der Waals surface area contributed by atoms with E-state index in [0.29, 0.717) is 34.8 Å². The fourth-order valence-corrected chi connectivity index (χ4v) is 3.12. The van der Waals surface area contributed by atoms with Gasteiger partial charge in [-0.3, -0.25) is 4.79 Å². The molecule has 0 bridgehead atoms. The Morgan fingerprint density at radius 1 is 1.07 bits per heavy atom. The number of ether oxygens (including phenoxy) is 1. The molecule has 3 aromatic carbocycles. The number of amides is 1. The minimum absolute atomic E-state index is 0.196. The number of carbonyl (C=O) groups excluding carboxylic acids is 1. The fourth-order valence-electron chi connectivity index (χ4n) is 3.12. The summed E-state index contributed by atoms with van der Waals surface area (Å²) in [5, 5.41) is 2.92.